The van der Waals surface area contributed by atoms with E-state index in [0.717, 1.165) is 11.4 Å². The minimum absolute atomic E-state index is 0.176. The molecular weight excluding hydrogens is 269 g/mol. The number of rotatable bonds is 9. The normalized spacial score (nSPS) is 11.2. The monoisotopic (exact) mass is 285 g/mol. The SMILES string of the molecule is CCOP(=O)(OCC)SCC(=O)NCC(=O)O. The van der Waals surface area contributed by atoms with E-state index in [0.29, 0.717) is 0 Å². The molecule has 0 atom stereocenters. The molecule has 0 saturated carbocycles. The first kappa shape index (κ1) is 16.4. The first-order chi connectivity index (χ1) is 7.93. The summed E-state index contributed by atoms with van der Waals surface area (Å²) in [5.41, 5.74) is 0. The van der Waals surface area contributed by atoms with E-state index in [-0.39, 0.29) is 19.0 Å². The van der Waals surface area contributed by atoms with Crippen LogP contribution < -0.4 is 5.32 Å². The summed E-state index contributed by atoms with van der Waals surface area (Å²) in [6.45, 7) is -0.0320. The molecule has 0 unspecified atom stereocenters. The van der Waals surface area contributed by atoms with Crippen LogP contribution in [-0.2, 0) is 23.2 Å². The molecule has 0 aliphatic carbocycles. The van der Waals surface area contributed by atoms with Gasteiger partial charge in [0, 0.05) is 0 Å². The van der Waals surface area contributed by atoms with Gasteiger partial charge in [-0.1, -0.05) is 0 Å². The van der Waals surface area contributed by atoms with Crippen molar-refractivity contribution in [2.24, 2.45) is 0 Å². The Morgan fingerprint density at radius 3 is 2.24 bits per heavy atom. The quantitative estimate of drug-likeness (QED) is 0.611. The molecule has 1 amide bonds. The Morgan fingerprint density at radius 1 is 1.29 bits per heavy atom. The Labute approximate surface area is 104 Å². The van der Waals surface area contributed by atoms with Crippen molar-refractivity contribution in [2.45, 2.75) is 13.8 Å². The summed E-state index contributed by atoms with van der Waals surface area (Å²) < 4.78 is 21.8. The summed E-state index contributed by atoms with van der Waals surface area (Å²) in [5, 5.41) is 10.5. The molecule has 0 saturated heterocycles. The molecule has 7 nitrogen and oxygen atoms in total. The Bertz CT molecular complexity index is 300. The van der Waals surface area contributed by atoms with Gasteiger partial charge in [-0.25, -0.2) is 4.57 Å². The maximum atomic E-state index is 11.9. The van der Waals surface area contributed by atoms with E-state index in [9.17, 15) is 14.2 Å². The fourth-order valence-corrected chi connectivity index (χ4v) is 3.93. The van der Waals surface area contributed by atoms with Crippen LogP contribution in [0.1, 0.15) is 13.8 Å². The molecule has 0 aromatic carbocycles. The lowest BCUT2D eigenvalue weighted by molar-refractivity contribution is -0.137. The highest BCUT2D eigenvalue weighted by Gasteiger charge is 2.25. The first-order valence-electron chi connectivity index (χ1n) is 4.95. The molecular formula is C8H16NO6PS. The molecule has 100 valence electrons. The molecule has 9 heteroatoms. The van der Waals surface area contributed by atoms with E-state index in [2.05, 4.69) is 5.32 Å². The number of aliphatic carboxylic acids is 1. The van der Waals surface area contributed by atoms with Crippen molar-refractivity contribution in [3.8, 4) is 0 Å². The number of hydrogen-bond donors (Lipinski definition) is 2. The fraction of sp³-hybridized carbons (Fsp3) is 0.750. The van der Waals surface area contributed by atoms with Crippen molar-refractivity contribution >= 4 is 30.1 Å². The van der Waals surface area contributed by atoms with Crippen LogP contribution in [0, 0.1) is 0 Å². The zero-order valence-corrected chi connectivity index (χ0v) is 11.4. The molecule has 0 rings (SSSR count). The summed E-state index contributed by atoms with van der Waals surface area (Å²) in [4.78, 5) is 21.4. The maximum absolute atomic E-state index is 11.9. The lowest BCUT2D eigenvalue weighted by Crippen LogP contribution is -2.30. The average Bonchev–Trinajstić information content (AvgIpc) is 2.24. The van der Waals surface area contributed by atoms with Crippen LogP contribution in [0.2, 0.25) is 0 Å². The third-order valence-electron chi connectivity index (χ3n) is 1.36. The molecule has 0 aromatic heterocycles. The lowest BCUT2D eigenvalue weighted by Gasteiger charge is -2.15. The van der Waals surface area contributed by atoms with Crippen molar-refractivity contribution in [1.29, 1.82) is 0 Å². The van der Waals surface area contributed by atoms with Gasteiger partial charge in [-0.2, -0.15) is 0 Å². The average molecular weight is 285 g/mol. The largest absolute Gasteiger partial charge is 0.480 e. The van der Waals surface area contributed by atoms with Crippen molar-refractivity contribution in [2.75, 3.05) is 25.5 Å². The van der Waals surface area contributed by atoms with E-state index in [1.165, 1.54) is 0 Å². The Kier molecular flexibility index (Phi) is 8.24. The molecule has 0 spiro atoms. The highest BCUT2D eigenvalue weighted by Crippen LogP contribution is 2.60. The molecule has 0 radical (unpaired) electrons. The molecule has 0 aromatic rings. The van der Waals surface area contributed by atoms with Gasteiger partial charge in [-0.05, 0) is 25.2 Å². The minimum Gasteiger partial charge on any atom is -0.480 e. The van der Waals surface area contributed by atoms with E-state index in [1.807, 2.05) is 0 Å². The molecule has 17 heavy (non-hydrogen) atoms. The van der Waals surface area contributed by atoms with Gasteiger partial charge in [0.2, 0.25) is 5.91 Å². The highest BCUT2D eigenvalue weighted by atomic mass is 32.7. The smallest absolute Gasteiger partial charge is 0.389 e. The van der Waals surface area contributed by atoms with Gasteiger partial charge in [0.15, 0.2) is 0 Å². The van der Waals surface area contributed by atoms with Gasteiger partial charge >= 0.3 is 12.8 Å². The number of nitrogens with one attached hydrogen (secondary N) is 1. The number of hydrogen-bond acceptors (Lipinski definition) is 6. The molecule has 0 heterocycles. The van der Waals surface area contributed by atoms with Gasteiger partial charge in [-0.15, -0.1) is 0 Å². The predicted octanol–water partition coefficient (Wildman–Crippen LogP) is 1.10. The van der Waals surface area contributed by atoms with Crippen LogP contribution in [0.4, 0.5) is 0 Å². The second-order valence-corrected chi connectivity index (χ2v) is 6.80. The summed E-state index contributed by atoms with van der Waals surface area (Å²) in [6.07, 6.45) is 0. The summed E-state index contributed by atoms with van der Waals surface area (Å²) >= 11 is 0.739. The van der Waals surface area contributed by atoms with E-state index < -0.39 is 25.2 Å². The number of carbonyl (C=O) groups excluding carboxylic acids is 1. The second kappa shape index (κ2) is 8.52. The zero-order chi connectivity index (χ0) is 13.3. The van der Waals surface area contributed by atoms with Crippen LogP contribution >= 0.6 is 18.2 Å². The van der Waals surface area contributed by atoms with Gasteiger partial charge < -0.3 is 19.5 Å². The molecule has 2 N–H and O–H groups in total. The van der Waals surface area contributed by atoms with Crippen LogP contribution in [0.3, 0.4) is 0 Å². The predicted molar refractivity (Wildman–Crippen MR) is 64.0 cm³/mol. The standard InChI is InChI=1S/C8H16NO6PS/c1-3-14-16(13,15-4-2)17-6-7(10)9-5-8(11)12/h3-6H2,1-2H3,(H,9,10)(H,11,12). The van der Waals surface area contributed by atoms with E-state index in [4.69, 9.17) is 14.2 Å². The molecule has 0 fully saturated rings. The Hall–Kier alpha value is -0.560. The van der Waals surface area contributed by atoms with Crippen molar-refractivity contribution in [3.05, 3.63) is 0 Å². The van der Waals surface area contributed by atoms with Crippen LogP contribution in [-0.4, -0.2) is 42.5 Å². The molecule has 0 aliphatic heterocycles. The van der Waals surface area contributed by atoms with Crippen molar-refractivity contribution in [3.63, 3.8) is 0 Å². The first-order valence-corrected chi connectivity index (χ1v) is 8.09. The number of carboxylic acid groups (broad SMARTS) is 1. The van der Waals surface area contributed by atoms with Crippen LogP contribution in [0.15, 0.2) is 0 Å². The van der Waals surface area contributed by atoms with Gasteiger partial charge in [-0.3, -0.25) is 9.59 Å². The second-order valence-electron chi connectivity index (χ2n) is 2.73. The summed E-state index contributed by atoms with van der Waals surface area (Å²) in [5.74, 6) is -1.84. The summed E-state index contributed by atoms with van der Waals surface area (Å²) in [7, 11) is 0. The third kappa shape index (κ3) is 8.20. The van der Waals surface area contributed by atoms with E-state index in [1.54, 1.807) is 13.8 Å². The highest BCUT2D eigenvalue weighted by molar-refractivity contribution is 8.55. The number of carboxylic acids is 1. The van der Waals surface area contributed by atoms with Crippen LogP contribution in [0.25, 0.3) is 0 Å². The van der Waals surface area contributed by atoms with Crippen molar-refractivity contribution < 1.29 is 28.3 Å². The van der Waals surface area contributed by atoms with Gasteiger partial charge in [0.1, 0.15) is 6.54 Å². The topological polar surface area (TPSA) is 102 Å². The van der Waals surface area contributed by atoms with Crippen LogP contribution in [0.5, 0.6) is 0 Å². The Balaban J connectivity index is 4.08. The minimum atomic E-state index is -3.31. The number of carbonyl (C=O) groups is 2. The fourth-order valence-electron chi connectivity index (χ4n) is 0.791. The lowest BCUT2D eigenvalue weighted by atomic mass is 10.6. The summed E-state index contributed by atoms with van der Waals surface area (Å²) in [6, 6.07) is 0. The third-order valence-corrected chi connectivity index (χ3v) is 5.19. The number of amides is 1. The molecule has 0 aliphatic rings. The zero-order valence-electron chi connectivity index (χ0n) is 9.67. The van der Waals surface area contributed by atoms with Gasteiger partial charge in [0.25, 0.3) is 0 Å². The van der Waals surface area contributed by atoms with Crippen molar-refractivity contribution in [1.82, 2.24) is 5.32 Å². The maximum Gasteiger partial charge on any atom is 0.389 e. The molecule has 0 bridgehead atoms. The van der Waals surface area contributed by atoms with Gasteiger partial charge in [0.05, 0.1) is 19.0 Å². The Morgan fingerprint density at radius 2 is 1.82 bits per heavy atom. The van der Waals surface area contributed by atoms with E-state index >= 15 is 0 Å².